The molecule has 0 bridgehead atoms. The number of aliphatic imine (C=N–C) groups is 1. The molecule has 0 aromatic heterocycles. The van der Waals surface area contributed by atoms with E-state index in [4.69, 9.17) is 17.2 Å². The highest BCUT2D eigenvalue weighted by Crippen LogP contribution is 2.35. The van der Waals surface area contributed by atoms with E-state index >= 15 is 0 Å². The van der Waals surface area contributed by atoms with Crippen LogP contribution >= 0.6 is 0 Å². The predicted octanol–water partition coefficient (Wildman–Crippen LogP) is 1.16. The number of amides is 3. The predicted molar refractivity (Wildman–Crippen MR) is 150 cm³/mol. The van der Waals surface area contributed by atoms with Gasteiger partial charge in [0.2, 0.25) is 17.7 Å². The minimum absolute atomic E-state index is 0.0762. The first-order valence-electron chi connectivity index (χ1n) is 13.6. The van der Waals surface area contributed by atoms with Crippen molar-refractivity contribution in [2.24, 2.45) is 28.1 Å². The molecule has 8 N–H and O–H groups in total. The zero-order valence-corrected chi connectivity index (χ0v) is 22.3. The van der Waals surface area contributed by atoms with Gasteiger partial charge >= 0.3 is 0 Å². The lowest BCUT2D eigenvalue weighted by Gasteiger charge is -2.33. The number of carbonyl (C=O) groups excluding carboxylic acids is 3. The van der Waals surface area contributed by atoms with Gasteiger partial charge in [0.05, 0.1) is 12.1 Å². The smallest absolute Gasteiger partial charge is 0.246 e. The molecule has 0 aliphatic carbocycles. The molecule has 5 atom stereocenters. The molecule has 2 saturated heterocycles. The lowest BCUT2D eigenvalue weighted by molar-refractivity contribution is -0.143. The third-order valence-corrected chi connectivity index (χ3v) is 7.80. The van der Waals surface area contributed by atoms with Crippen molar-refractivity contribution in [3.8, 4) is 0 Å². The van der Waals surface area contributed by atoms with E-state index in [9.17, 15) is 14.4 Å². The van der Waals surface area contributed by atoms with Crippen molar-refractivity contribution in [3.05, 3.63) is 71.8 Å². The van der Waals surface area contributed by atoms with Crippen molar-refractivity contribution in [1.82, 2.24) is 15.5 Å². The Morgan fingerprint density at radius 1 is 0.974 bits per heavy atom. The summed E-state index contributed by atoms with van der Waals surface area (Å²) in [7, 11) is 0. The third kappa shape index (κ3) is 6.57. The van der Waals surface area contributed by atoms with Gasteiger partial charge in [0.25, 0.3) is 0 Å². The number of nitrogens with one attached hydrogen (secondary N) is 2. The monoisotopic (exact) mass is 533 g/mol. The number of nitrogens with two attached hydrogens (primary N) is 3. The van der Waals surface area contributed by atoms with Crippen LogP contribution in [0.4, 0.5) is 0 Å². The molecule has 208 valence electrons. The molecule has 2 fully saturated rings. The van der Waals surface area contributed by atoms with Gasteiger partial charge in [-0.3, -0.25) is 19.4 Å². The molecule has 2 aliphatic rings. The average Bonchev–Trinajstić information content (AvgIpc) is 3.33. The Morgan fingerprint density at radius 3 is 2.13 bits per heavy atom. The fourth-order valence-corrected chi connectivity index (χ4v) is 5.63. The van der Waals surface area contributed by atoms with E-state index in [0.717, 1.165) is 11.1 Å². The summed E-state index contributed by atoms with van der Waals surface area (Å²) < 4.78 is 0. The molecule has 3 amide bonds. The number of carbonyl (C=O) groups is 3. The van der Waals surface area contributed by atoms with Crippen molar-refractivity contribution in [2.45, 2.75) is 69.2 Å². The standard InChI is InChI=1S/C29H39N7O3/c1-2-22(30)26(37)35-25-20(17-33-29(31)32)13-14-21-15-16-23(36(21)28(25)39)27(38)34-24(18-9-5-3-6-10-18)19-11-7-4-8-12-19/h3-12,20-25H,2,13-17,30H2,1H3,(H,34,38)(H,35,37)(H4,31,32,33)/t20-,21+,22?,23+,25+/m1/s1. The number of fused-ring (bicyclic) bond motifs is 1. The maximum absolute atomic E-state index is 14.0. The Bertz CT molecular complexity index is 1130. The van der Waals surface area contributed by atoms with Crippen LogP contribution in [-0.4, -0.2) is 59.3 Å². The zero-order chi connectivity index (χ0) is 27.9. The molecule has 10 heteroatoms. The molecule has 2 aromatic rings. The van der Waals surface area contributed by atoms with Crippen LogP contribution < -0.4 is 27.8 Å². The quantitative estimate of drug-likeness (QED) is 0.239. The van der Waals surface area contributed by atoms with Crippen LogP contribution in [0.25, 0.3) is 0 Å². The third-order valence-electron chi connectivity index (χ3n) is 7.80. The van der Waals surface area contributed by atoms with E-state index in [2.05, 4.69) is 15.6 Å². The molecule has 0 saturated carbocycles. The van der Waals surface area contributed by atoms with Crippen LogP contribution in [0.5, 0.6) is 0 Å². The van der Waals surface area contributed by atoms with E-state index in [0.29, 0.717) is 32.1 Å². The molecule has 0 spiro atoms. The van der Waals surface area contributed by atoms with Gasteiger partial charge in [0.1, 0.15) is 12.1 Å². The van der Waals surface area contributed by atoms with Crippen molar-refractivity contribution in [3.63, 3.8) is 0 Å². The van der Waals surface area contributed by atoms with Crippen LogP contribution in [-0.2, 0) is 14.4 Å². The Kier molecular flexibility index (Phi) is 9.19. The van der Waals surface area contributed by atoms with Crippen molar-refractivity contribution in [1.29, 1.82) is 0 Å². The Labute approximate surface area is 229 Å². The van der Waals surface area contributed by atoms with Crippen molar-refractivity contribution in [2.75, 3.05) is 6.54 Å². The number of hydrogen-bond donors (Lipinski definition) is 5. The maximum atomic E-state index is 14.0. The van der Waals surface area contributed by atoms with Gasteiger partial charge in [0, 0.05) is 18.5 Å². The number of guanidine groups is 1. The lowest BCUT2D eigenvalue weighted by atomic mass is 9.93. The molecule has 2 aromatic carbocycles. The molecule has 10 nitrogen and oxygen atoms in total. The number of rotatable bonds is 9. The first kappa shape index (κ1) is 28.1. The molecule has 39 heavy (non-hydrogen) atoms. The highest BCUT2D eigenvalue weighted by Gasteiger charge is 2.47. The largest absolute Gasteiger partial charge is 0.370 e. The number of nitrogens with zero attached hydrogens (tertiary/aromatic N) is 2. The van der Waals surface area contributed by atoms with Gasteiger partial charge in [-0.25, -0.2) is 0 Å². The van der Waals surface area contributed by atoms with Gasteiger partial charge in [0.15, 0.2) is 5.96 Å². The topological polar surface area (TPSA) is 169 Å². The van der Waals surface area contributed by atoms with Crippen LogP contribution in [0.2, 0.25) is 0 Å². The summed E-state index contributed by atoms with van der Waals surface area (Å²) in [6, 6.07) is 16.8. The van der Waals surface area contributed by atoms with E-state index in [1.807, 2.05) is 67.6 Å². The SMILES string of the molecule is CCC(N)C(=O)N[C@@H]1C(=O)N2[C@@H](CC[C@@H]1CN=C(N)N)CC[C@H]2C(=O)NC(c1ccccc1)c1ccccc1. The number of hydrogen-bond acceptors (Lipinski definition) is 5. The second-order valence-corrected chi connectivity index (χ2v) is 10.4. The molecular formula is C29H39N7O3. The first-order chi connectivity index (χ1) is 18.8. The molecular weight excluding hydrogens is 494 g/mol. The van der Waals surface area contributed by atoms with Gasteiger partial charge in [-0.15, -0.1) is 0 Å². The van der Waals surface area contributed by atoms with E-state index in [-0.39, 0.29) is 42.3 Å². The molecule has 0 radical (unpaired) electrons. The van der Waals surface area contributed by atoms with E-state index in [1.54, 1.807) is 4.90 Å². The molecule has 4 rings (SSSR count). The Balaban J connectivity index is 1.60. The summed E-state index contributed by atoms with van der Waals surface area (Å²) in [4.78, 5) is 46.5. The fourth-order valence-electron chi connectivity index (χ4n) is 5.63. The highest BCUT2D eigenvalue weighted by atomic mass is 16.2. The minimum Gasteiger partial charge on any atom is -0.370 e. The molecule has 2 heterocycles. The van der Waals surface area contributed by atoms with Gasteiger partial charge in [-0.2, -0.15) is 0 Å². The van der Waals surface area contributed by atoms with Crippen LogP contribution in [0.3, 0.4) is 0 Å². The van der Waals surface area contributed by atoms with Crippen LogP contribution in [0, 0.1) is 5.92 Å². The summed E-state index contributed by atoms with van der Waals surface area (Å²) in [5, 5.41) is 6.06. The van der Waals surface area contributed by atoms with E-state index in [1.165, 1.54) is 0 Å². The van der Waals surface area contributed by atoms with Crippen LogP contribution in [0.15, 0.2) is 65.7 Å². The summed E-state index contributed by atoms with van der Waals surface area (Å²) in [5.74, 6) is -1.31. The summed E-state index contributed by atoms with van der Waals surface area (Å²) >= 11 is 0. The van der Waals surface area contributed by atoms with Gasteiger partial charge < -0.3 is 32.7 Å². The summed E-state index contributed by atoms with van der Waals surface area (Å²) in [6.45, 7) is 2.00. The average molecular weight is 534 g/mol. The fraction of sp³-hybridized carbons (Fsp3) is 0.448. The minimum atomic E-state index is -0.879. The maximum Gasteiger partial charge on any atom is 0.246 e. The first-order valence-corrected chi connectivity index (χ1v) is 13.6. The second-order valence-electron chi connectivity index (χ2n) is 10.4. The Hall–Kier alpha value is -3.92. The molecule has 2 aliphatic heterocycles. The summed E-state index contributed by atoms with van der Waals surface area (Å²) in [5.41, 5.74) is 19.0. The second kappa shape index (κ2) is 12.8. The van der Waals surface area contributed by atoms with E-state index < -0.39 is 24.0 Å². The lowest BCUT2D eigenvalue weighted by Crippen LogP contribution is -2.58. The van der Waals surface area contributed by atoms with Crippen molar-refractivity contribution < 1.29 is 14.4 Å². The van der Waals surface area contributed by atoms with Crippen molar-refractivity contribution >= 4 is 23.7 Å². The Morgan fingerprint density at radius 2 is 1.56 bits per heavy atom. The zero-order valence-electron chi connectivity index (χ0n) is 22.3. The summed E-state index contributed by atoms with van der Waals surface area (Å²) in [6.07, 6.45) is 3.00. The molecule has 1 unspecified atom stereocenters. The van der Waals surface area contributed by atoms with Crippen LogP contribution in [0.1, 0.15) is 56.2 Å². The van der Waals surface area contributed by atoms with Gasteiger partial charge in [-0.1, -0.05) is 67.6 Å². The number of benzene rings is 2. The highest BCUT2D eigenvalue weighted by molar-refractivity contribution is 5.94. The van der Waals surface area contributed by atoms with Gasteiger partial charge in [-0.05, 0) is 43.2 Å². The normalized spacial score (nSPS) is 23.5.